The van der Waals surface area contributed by atoms with Crippen molar-refractivity contribution >= 4 is 21.2 Å². The monoisotopic (exact) mass is 638 g/mol. The average Bonchev–Trinajstić information content (AvgIpc) is 2.97. The van der Waals surface area contributed by atoms with Crippen molar-refractivity contribution in [2.24, 2.45) is 5.92 Å². The first-order chi connectivity index (χ1) is 21.1. The zero-order valence-electron chi connectivity index (χ0n) is 29.9. The fourth-order valence-electron chi connectivity index (χ4n) is 4.86. The van der Waals surface area contributed by atoms with Gasteiger partial charge in [0.15, 0.2) is 15.6 Å². The molecule has 45 heavy (non-hydrogen) atoms. The molecule has 3 rings (SSSR count). The second-order valence-corrected chi connectivity index (χ2v) is 14.0. The van der Waals surface area contributed by atoms with Crippen LogP contribution in [0.25, 0.3) is 5.57 Å². The summed E-state index contributed by atoms with van der Waals surface area (Å²) in [6.07, 6.45) is 9.92. The van der Waals surface area contributed by atoms with Gasteiger partial charge in [0, 0.05) is 11.8 Å². The molecule has 0 atom stereocenters. The van der Waals surface area contributed by atoms with Crippen molar-refractivity contribution in [3.8, 4) is 0 Å². The van der Waals surface area contributed by atoms with Gasteiger partial charge in [0.1, 0.15) is 5.82 Å². The van der Waals surface area contributed by atoms with Crippen LogP contribution >= 0.6 is 0 Å². The normalized spacial score (nSPS) is 11.2. The first-order valence-corrected chi connectivity index (χ1v) is 18.3. The number of halogens is 1. The number of benzene rings is 3. The van der Waals surface area contributed by atoms with Gasteiger partial charge >= 0.3 is 0 Å². The van der Waals surface area contributed by atoms with E-state index in [2.05, 4.69) is 98.7 Å². The van der Waals surface area contributed by atoms with Crippen LogP contribution in [0.4, 0.5) is 4.39 Å². The number of hydrogen-bond donors (Lipinski definition) is 0. The molecule has 0 unspecified atom stereocenters. The minimum Gasteiger partial charge on any atom is -0.295 e. The molecular formula is C40H59FO3S. The Kier molecular flexibility index (Phi) is 20.9. The number of rotatable bonds is 10. The van der Waals surface area contributed by atoms with E-state index in [4.69, 9.17) is 0 Å². The lowest BCUT2D eigenvalue weighted by atomic mass is 9.91. The summed E-state index contributed by atoms with van der Waals surface area (Å²) in [4.78, 5) is 11.6. The number of allylic oxidation sites excluding steroid dienone is 2. The van der Waals surface area contributed by atoms with E-state index in [0.717, 1.165) is 42.7 Å². The molecule has 0 aliphatic rings. The smallest absolute Gasteiger partial charge is 0.175 e. The fraction of sp³-hybridized carbons (Fsp3) is 0.475. The highest BCUT2D eigenvalue weighted by molar-refractivity contribution is 7.90. The zero-order chi connectivity index (χ0) is 34.6. The summed E-state index contributed by atoms with van der Waals surface area (Å²) in [6, 6.07) is 19.2. The SMILES string of the molecule is CCC/C(C)=C(\CC)c1cc(C(C)=O)ccc1C.CCCC(C)CCC.CS(=O)(=O)c1ccc(F)cc1.Cc1ccc(C)cc1. The molecule has 3 aromatic rings. The van der Waals surface area contributed by atoms with Crippen LogP contribution in [0.3, 0.4) is 0 Å². The van der Waals surface area contributed by atoms with Gasteiger partial charge in [0.05, 0.1) is 4.90 Å². The van der Waals surface area contributed by atoms with Crippen LogP contribution in [0.5, 0.6) is 0 Å². The number of Topliss-reactive ketones (excluding diaryl/α,β-unsaturated/α-hetero) is 1. The predicted octanol–water partition coefficient (Wildman–Crippen LogP) is 11.9. The van der Waals surface area contributed by atoms with Crippen LogP contribution in [-0.4, -0.2) is 20.5 Å². The third kappa shape index (κ3) is 17.9. The first-order valence-electron chi connectivity index (χ1n) is 16.4. The van der Waals surface area contributed by atoms with Crippen LogP contribution in [-0.2, 0) is 9.84 Å². The van der Waals surface area contributed by atoms with Gasteiger partial charge in [-0.25, -0.2) is 12.8 Å². The molecule has 0 aromatic heterocycles. The Hall–Kier alpha value is -3.05. The molecule has 0 saturated carbocycles. The molecule has 0 fully saturated rings. The van der Waals surface area contributed by atoms with E-state index in [1.807, 2.05) is 6.07 Å². The van der Waals surface area contributed by atoms with Gasteiger partial charge in [-0.1, -0.05) is 120 Å². The summed E-state index contributed by atoms with van der Waals surface area (Å²) in [5.74, 6) is 0.669. The Morgan fingerprint density at radius 3 is 1.62 bits per heavy atom. The second kappa shape index (κ2) is 22.5. The topological polar surface area (TPSA) is 51.2 Å². The largest absolute Gasteiger partial charge is 0.295 e. The quantitative estimate of drug-likeness (QED) is 0.164. The molecule has 3 nitrogen and oxygen atoms in total. The van der Waals surface area contributed by atoms with Crippen molar-refractivity contribution in [1.29, 1.82) is 0 Å². The van der Waals surface area contributed by atoms with E-state index in [0.29, 0.717) is 0 Å². The molecule has 0 N–H and O–H groups in total. The number of aryl methyl sites for hydroxylation is 3. The molecule has 0 aliphatic heterocycles. The van der Waals surface area contributed by atoms with Crippen LogP contribution < -0.4 is 0 Å². The molecule has 0 bridgehead atoms. The predicted molar refractivity (Wildman–Crippen MR) is 193 cm³/mol. The van der Waals surface area contributed by atoms with Crippen LogP contribution in [0, 0.1) is 32.5 Å². The second-order valence-electron chi connectivity index (χ2n) is 12.0. The molecule has 0 aliphatic carbocycles. The number of sulfone groups is 1. The van der Waals surface area contributed by atoms with Crippen molar-refractivity contribution in [3.63, 3.8) is 0 Å². The summed E-state index contributed by atoms with van der Waals surface area (Å²) in [6.45, 7) is 21.4. The molecule has 250 valence electrons. The van der Waals surface area contributed by atoms with Gasteiger partial charge < -0.3 is 0 Å². The minimum absolute atomic E-state index is 0.138. The van der Waals surface area contributed by atoms with E-state index in [9.17, 15) is 17.6 Å². The maximum Gasteiger partial charge on any atom is 0.175 e. The molecule has 0 heterocycles. The van der Waals surface area contributed by atoms with Crippen LogP contribution in [0.15, 0.2) is 77.2 Å². The van der Waals surface area contributed by atoms with E-state index < -0.39 is 15.7 Å². The summed E-state index contributed by atoms with van der Waals surface area (Å²) < 4.78 is 33.9. The molecule has 5 heteroatoms. The number of carbonyl (C=O) groups is 1. The van der Waals surface area contributed by atoms with Crippen molar-refractivity contribution < 1.29 is 17.6 Å². The maximum absolute atomic E-state index is 12.3. The molecule has 0 saturated heterocycles. The standard InChI is InChI=1S/C17H24O.C8H10.C8H18.C7H7FO2S/c1-6-8-12(3)16(7-2)17-11-15(14(5)18)10-9-13(17)4;1-7-3-5-8(2)6-4-7;1-4-6-8(3)7-5-2;1-11(9,10)7-4-2-6(8)3-5-7/h9-11H,6-8H2,1-5H3;3-6H,1-2H3;8H,4-7H2,1-3H3;2-5H,1H3/b16-12+;;;. The van der Waals surface area contributed by atoms with Gasteiger partial charge in [-0.2, -0.15) is 0 Å². The highest BCUT2D eigenvalue weighted by atomic mass is 32.2. The summed E-state index contributed by atoms with van der Waals surface area (Å²) in [5, 5.41) is 0. The highest BCUT2D eigenvalue weighted by Crippen LogP contribution is 2.28. The molecule has 0 amide bonds. The molecule has 0 radical (unpaired) electrons. The number of ketones is 1. The summed E-state index contributed by atoms with van der Waals surface area (Å²) in [7, 11) is -3.19. The van der Waals surface area contributed by atoms with E-state index in [1.165, 1.54) is 77.6 Å². The molecule has 3 aromatic carbocycles. The lowest BCUT2D eigenvalue weighted by molar-refractivity contribution is 0.101. The van der Waals surface area contributed by atoms with Crippen molar-refractivity contribution in [2.75, 3.05) is 6.26 Å². The lowest BCUT2D eigenvalue weighted by Crippen LogP contribution is -1.98. The first kappa shape index (κ1) is 42.0. The number of carbonyl (C=O) groups excluding carboxylic acids is 1. The van der Waals surface area contributed by atoms with Gasteiger partial charge in [-0.05, 0) is 100 Å². The Morgan fingerprint density at radius 2 is 1.24 bits per heavy atom. The maximum atomic E-state index is 12.3. The Balaban J connectivity index is 0.000000614. The van der Waals surface area contributed by atoms with E-state index in [-0.39, 0.29) is 10.7 Å². The Morgan fingerprint density at radius 1 is 0.756 bits per heavy atom. The fourth-order valence-corrected chi connectivity index (χ4v) is 5.49. The third-order valence-corrected chi connectivity index (χ3v) is 8.61. The van der Waals surface area contributed by atoms with Gasteiger partial charge in [-0.3, -0.25) is 4.79 Å². The van der Waals surface area contributed by atoms with Gasteiger partial charge in [-0.15, -0.1) is 0 Å². The molecule has 0 spiro atoms. The minimum atomic E-state index is -3.19. The third-order valence-electron chi connectivity index (χ3n) is 7.49. The Labute approximate surface area is 275 Å². The van der Waals surface area contributed by atoms with E-state index in [1.54, 1.807) is 6.92 Å². The average molecular weight is 639 g/mol. The van der Waals surface area contributed by atoms with Crippen molar-refractivity contribution in [3.05, 3.63) is 106 Å². The molecular weight excluding hydrogens is 580 g/mol. The van der Waals surface area contributed by atoms with Crippen molar-refractivity contribution in [1.82, 2.24) is 0 Å². The highest BCUT2D eigenvalue weighted by Gasteiger charge is 2.10. The van der Waals surface area contributed by atoms with E-state index >= 15 is 0 Å². The van der Waals surface area contributed by atoms with Gasteiger partial charge in [0.2, 0.25) is 0 Å². The summed E-state index contributed by atoms with van der Waals surface area (Å²) in [5.41, 5.74) is 8.82. The Bertz CT molecular complexity index is 1380. The number of hydrogen-bond acceptors (Lipinski definition) is 3. The van der Waals surface area contributed by atoms with Crippen LogP contribution in [0.1, 0.15) is 126 Å². The van der Waals surface area contributed by atoms with Crippen molar-refractivity contribution in [2.45, 2.75) is 119 Å². The van der Waals surface area contributed by atoms with Crippen LogP contribution in [0.2, 0.25) is 0 Å². The van der Waals surface area contributed by atoms with Gasteiger partial charge in [0.25, 0.3) is 0 Å². The summed E-state index contributed by atoms with van der Waals surface area (Å²) >= 11 is 0. The zero-order valence-corrected chi connectivity index (χ0v) is 30.7. The lowest BCUT2D eigenvalue weighted by Gasteiger charge is -2.14.